The minimum atomic E-state index is 0.441. The van der Waals surface area contributed by atoms with E-state index in [1.54, 1.807) is 0 Å². The molecule has 5 nitrogen and oxygen atoms in total. The number of hydrazone groups is 1. The first-order chi connectivity index (χ1) is 12.0. The van der Waals surface area contributed by atoms with Crippen molar-refractivity contribution in [1.82, 2.24) is 10.3 Å². The summed E-state index contributed by atoms with van der Waals surface area (Å²) in [5, 5.41) is 4.33. The normalized spacial score (nSPS) is 12.5. The number of nitrogens with two attached hydrogens (primary N) is 1. The molecule has 0 bridgehead atoms. The largest absolute Gasteiger partial charge is 0.382 e. The van der Waals surface area contributed by atoms with Crippen LogP contribution in [0.1, 0.15) is 22.3 Å². The van der Waals surface area contributed by atoms with Crippen molar-refractivity contribution in [2.45, 2.75) is 13.8 Å². The molecule has 0 radical (unpaired) electrons. The van der Waals surface area contributed by atoms with Crippen LogP contribution in [0.2, 0.25) is 0 Å². The van der Waals surface area contributed by atoms with Crippen LogP contribution >= 0.6 is 0 Å². The number of aliphatic imine (C=N–C) groups is 1. The van der Waals surface area contributed by atoms with E-state index in [1.165, 1.54) is 5.56 Å². The summed E-state index contributed by atoms with van der Waals surface area (Å²) in [5.41, 5.74) is 13.4. The molecule has 2 rings (SSSR count). The van der Waals surface area contributed by atoms with E-state index in [2.05, 4.69) is 39.5 Å². The average Bonchev–Trinajstić information content (AvgIpc) is 2.58. The lowest BCUT2D eigenvalue weighted by atomic mass is 10.1. The van der Waals surface area contributed by atoms with Crippen molar-refractivity contribution in [3.05, 3.63) is 70.8 Å². The van der Waals surface area contributed by atoms with Gasteiger partial charge in [0, 0.05) is 17.7 Å². The Labute approximate surface area is 150 Å². The first-order valence-electron chi connectivity index (χ1n) is 8.38. The second-order valence-corrected chi connectivity index (χ2v) is 6.38. The maximum absolute atomic E-state index is 6.12. The highest BCUT2D eigenvalue weighted by atomic mass is 15.3. The zero-order chi connectivity index (χ0) is 18.2. The van der Waals surface area contributed by atoms with Crippen LogP contribution in [0.15, 0.2) is 58.6 Å². The molecule has 0 aliphatic carbocycles. The number of hydrogen-bond acceptors (Lipinski definition) is 3. The summed E-state index contributed by atoms with van der Waals surface area (Å²) in [5.74, 6) is 1.16. The van der Waals surface area contributed by atoms with E-state index in [4.69, 9.17) is 5.73 Å². The Morgan fingerprint density at radius 3 is 2.36 bits per heavy atom. The fourth-order valence-electron chi connectivity index (χ4n) is 2.25. The highest BCUT2D eigenvalue weighted by Crippen LogP contribution is 2.05. The van der Waals surface area contributed by atoms with Crippen molar-refractivity contribution in [2.75, 3.05) is 27.2 Å². The molecule has 0 amide bonds. The maximum atomic E-state index is 6.12. The number of benzene rings is 2. The van der Waals surface area contributed by atoms with Crippen LogP contribution in [0.3, 0.4) is 0 Å². The molecular formula is C20H27N5. The molecule has 0 saturated carbocycles. The molecule has 0 heterocycles. The molecule has 0 aliphatic rings. The maximum Gasteiger partial charge on any atom is 0.151 e. The first kappa shape index (κ1) is 18.7. The quantitative estimate of drug-likeness (QED) is 0.484. The SMILES string of the molecule is Cc1ccc(C(=NCCN(C)C)NN=C(N)c2cccc(C)c2)cc1. The Kier molecular flexibility index (Phi) is 6.71. The summed E-state index contributed by atoms with van der Waals surface area (Å²) in [4.78, 5) is 6.75. The number of likely N-dealkylation sites (N-methyl/N-ethyl adjacent to an activating group) is 1. The topological polar surface area (TPSA) is 66.0 Å². The fourth-order valence-corrected chi connectivity index (χ4v) is 2.25. The fraction of sp³-hybridized carbons (Fsp3) is 0.300. The first-order valence-corrected chi connectivity index (χ1v) is 8.38. The predicted octanol–water partition coefficient (Wildman–Crippen LogP) is 2.52. The number of amidine groups is 2. The second-order valence-electron chi connectivity index (χ2n) is 6.38. The van der Waals surface area contributed by atoms with Gasteiger partial charge in [0.15, 0.2) is 5.84 Å². The third kappa shape index (κ3) is 6.04. The Hall–Kier alpha value is -2.66. The third-order valence-electron chi connectivity index (χ3n) is 3.74. The summed E-state index contributed by atoms with van der Waals surface area (Å²) in [7, 11) is 4.06. The van der Waals surface area contributed by atoms with Gasteiger partial charge in [-0.2, -0.15) is 5.10 Å². The van der Waals surface area contributed by atoms with Crippen molar-refractivity contribution in [3.8, 4) is 0 Å². The number of aryl methyl sites for hydroxylation is 2. The van der Waals surface area contributed by atoms with Crippen molar-refractivity contribution in [2.24, 2.45) is 15.8 Å². The van der Waals surface area contributed by atoms with Crippen LogP contribution < -0.4 is 11.2 Å². The zero-order valence-corrected chi connectivity index (χ0v) is 15.5. The molecule has 0 unspecified atom stereocenters. The minimum Gasteiger partial charge on any atom is -0.382 e. The van der Waals surface area contributed by atoms with Crippen molar-refractivity contribution >= 4 is 11.7 Å². The highest BCUT2D eigenvalue weighted by Gasteiger charge is 2.04. The van der Waals surface area contributed by atoms with Gasteiger partial charge in [0.05, 0.1) is 6.54 Å². The van der Waals surface area contributed by atoms with Crippen molar-refractivity contribution < 1.29 is 0 Å². The van der Waals surface area contributed by atoms with Crippen LogP contribution in [0.4, 0.5) is 0 Å². The number of rotatable bonds is 6. The van der Waals surface area contributed by atoms with E-state index in [-0.39, 0.29) is 0 Å². The van der Waals surface area contributed by atoms with Gasteiger partial charge in [0.1, 0.15) is 5.84 Å². The second kappa shape index (κ2) is 8.99. The summed E-state index contributed by atoms with van der Waals surface area (Å²) >= 11 is 0. The van der Waals surface area contributed by atoms with E-state index >= 15 is 0 Å². The van der Waals surface area contributed by atoms with Gasteiger partial charge in [-0.05, 0) is 34.0 Å². The van der Waals surface area contributed by atoms with Crippen molar-refractivity contribution in [1.29, 1.82) is 0 Å². The van der Waals surface area contributed by atoms with Gasteiger partial charge in [-0.3, -0.25) is 10.4 Å². The predicted molar refractivity (Wildman–Crippen MR) is 106 cm³/mol. The Morgan fingerprint density at radius 1 is 1.00 bits per heavy atom. The Bertz CT molecular complexity index is 745. The van der Waals surface area contributed by atoms with Gasteiger partial charge in [-0.1, -0.05) is 53.6 Å². The van der Waals surface area contributed by atoms with Gasteiger partial charge in [-0.25, -0.2) is 0 Å². The standard InChI is InChI=1S/C20H27N5/c1-15-8-10-17(11-9-15)20(22-12-13-25(3)4)24-23-19(21)18-7-5-6-16(2)14-18/h5-11,14H,12-13H2,1-4H3,(H2,21,23)(H,22,24). The molecule has 3 N–H and O–H groups in total. The van der Waals surface area contributed by atoms with Gasteiger partial charge < -0.3 is 10.6 Å². The smallest absolute Gasteiger partial charge is 0.151 e. The van der Waals surface area contributed by atoms with Crippen LogP contribution in [0, 0.1) is 13.8 Å². The molecule has 132 valence electrons. The average molecular weight is 337 g/mol. The lowest BCUT2D eigenvalue weighted by Crippen LogP contribution is -2.26. The molecule has 2 aromatic carbocycles. The van der Waals surface area contributed by atoms with Crippen molar-refractivity contribution in [3.63, 3.8) is 0 Å². The van der Waals surface area contributed by atoms with Crippen LogP contribution in [-0.2, 0) is 0 Å². The molecule has 2 aromatic rings. The summed E-state index contributed by atoms with van der Waals surface area (Å²) in [6.07, 6.45) is 0. The van der Waals surface area contributed by atoms with Gasteiger partial charge in [0.2, 0.25) is 0 Å². The molecule has 0 aliphatic heterocycles. The number of nitrogens with zero attached hydrogens (tertiary/aromatic N) is 3. The Balaban J connectivity index is 2.20. The summed E-state index contributed by atoms with van der Waals surface area (Å²) < 4.78 is 0. The van der Waals surface area contributed by atoms with E-state index < -0.39 is 0 Å². The summed E-state index contributed by atoms with van der Waals surface area (Å²) in [6.45, 7) is 5.65. The molecule has 0 fully saturated rings. The van der Waals surface area contributed by atoms with E-state index in [0.717, 1.165) is 29.1 Å². The van der Waals surface area contributed by atoms with E-state index in [9.17, 15) is 0 Å². The van der Waals surface area contributed by atoms with Gasteiger partial charge in [-0.15, -0.1) is 0 Å². The molecule has 0 saturated heterocycles. The minimum absolute atomic E-state index is 0.441. The molecule has 25 heavy (non-hydrogen) atoms. The molecule has 0 atom stereocenters. The molecular weight excluding hydrogens is 310 g/mol. The Morgan fingerprint density at radius 2 is 1.72 bits per heavy atom. The molecule has 5 heteroatoms. The van der Waals surface area contributed by atoms with Crippen LogP contribution in [0.5, 0.6) is 0 Å². The lowest BCUT2D eigenvalue weighted by molar-refractivity contribution is 0.420. The zero-order valence-electron chi connectivity index (χ0n) is 15.5. The van der Waals surface area contributed by atoms with E-state index in [1.807, 2.05) is 57.4 Å². The third-order valence-corrected chi connectivity index (χ3v) is 3.74. The van der Waals surface area contributed by atoms with Crippen LogP contribution in [0.25, 0.3) is 0 Å². The molecule has 0 spiro atoms. The lowest BCUT2D eigenvalue weighted by Gasteiger charge is -2.10. The highest BCUT2D eigenvalue weighted by molar-refractivity contribution is 6.02. The number of nitrogens with one attached hydrogen (secondary N) is 1. The number of hydrogen-bond donors (Lipinski definition) is 2. The summed E-state index contributed by atoms with van der Waals surface area (Å²) in [6, 6.07) is 16.2. The van der Waals surface area contributed by atoms with Gasteiger partial charge in [0.25, 0.3) is 0 Å². The van der Waals surface area contributed by atoms with Crippen LogP contribution in [-0.4, -0.2) is 43.8 Å². The van der Waals surface area contributed by atoms with Gasteiger partial charge >= 0.3 is 0 Å². The van der Waals surface area contributed by atoms with E-state index in [0.29, 0.717) is 12.4 Å². The molecule has 0 aromatic heterocycles. The monoisotopic (exact) mass is 337 g/mol.